The third kappa shape index (κ3) is 2.89. The van der Waals surface area contributed by atoms with E-state index in [1.165, 1.54) is 0 Å². The SMILES string of the molecule is CCC(NC(=O)c1cnn(C(C)C)c1)c1ccnn1C. The van der Waals surface area contributed by atoms with Gasteiger partial charge in [0.25, 0.3) is 5.91 Å². The Morgan fingerprint density at radius 2 is 2.15 bits per heavy atom. The molecule has 0 aromatic carbocycles. The van der Waals surface area contributed by atoms with E-state index in [0.29, 0.717) is 5.56 Å². The first-order valence-corrected chi connectivity index (χ1v) is 6.85. The molecule has 1 amide bonds. The van der Waals surface area contributed by atoms with Crippen molar-refractivity contribution < 1.29 is 4.79 Å². The highest BCUT2D eigenvalue weighted by Crippen LogP contribution is 2.16. The second-order valence-corrected chi connectivity index (χ2v) is 5.12. The first kappa shape index (κ1) is 14.3. The second-order valence-electron chi connectivity index (χ2n) is 5.12. The zero-order valence-corrected chi connectivity index (χ0v) is 12.4. The minimum Gasteiger partial charge on any atom is -0.344 e. The highest BCUT2D eigenvalue weighted by atomic mass is 16.1. The minimum atomic E-state index is -0.107. The van der Waals surface area contributed by atoms with Crippen molar-refractivity contribution in [2.75, 3.05) is 0 Å². The Hall–Kier alpha value is -2.11. The van der Waals surface area contributed by atoms with Crippen LogP contribution >= 0.6 is 0 Å². The van der Waals surface area contributed by atoms with E-state index in [2.05, 4.69) is 15.5 Å². The van der Waals surface area contributed by atoms with E-state index in [1.807, 2.05) is 33.9 Å². The van der Waals surface area contributed by atoms with Crippen LogP contribution in [-0.2, 0) is 7.05 Å². The van der Waals surface area contributed by atoms with E-state index in [1.54, 1.807) is 28.0 Å². The van der Waals surface area contributed by atoms with Crippen LogP contribution in [0.3, 0.4) is 0 Å². The van der Waals surface area contributed by atoms with E-state index in [-0.39, 0.29) is 18.0 Å². The summed E-state index contributed by atoms with van der Waals surface area (Å²) in [6.45, 7) is 6.09. The third-order valence-electron chi connectivity index (χ3n) is 3.32. The van der Waals surface area contributed by atoms with Gasteiger partial charge in [-0.1, -0.05) is 6.92 Å². The van der Waals surface area contributed by atoms with Gasteiger partial charge in [-0.25, -0.2) is 0 Å². The Morgan fingerprint density at radius 3 is 2.65 bits per heavy atom. The van der Waals surface area contributed by atoms with Crippen molar-refractivity contribution in [1.82, 2.24) is 24.9 Å². The molecule has 2 aromatic heterocycles. The van der Waals surface area contributed by atoms with Gasteiger partial charge in [-0.05, 0) is 26.3 Å². The predicted octanol–water partition coefficient (Wildman–Crippen LogP) is 2.08. The number of carbonyl (C=O) groups is 1. The smallest absolute Gasteiger partial charge is 0.255 e. The van der Waals surface area contributed by atoms with Crippen LogP contribution in [0, 0.1) is 0 Å². The fraction of sp³-hybridized carbons (Fsp3) is 0.500. The molecule has 1 atom stereocenters. The zero-order valence-electron chi connectivity index (χ0n) is 12.4. The van der Waals surface area contributed by atoms with Gasteiger partial charge in [0.15, 0.2) is 0 Å². The van der Waals surface area contributed by atoms with Crippen LogP contribution in [0.25, 0.3) is 0 Å². The highest BCUT2D eigenvalue weighted by Gasteiger charge is 2.18. The topological polar surface area (TPSA) is 64.7 Å². The monoisotopic (exact) mass is 275 g/mol. The molecule has 0 aliphatic carbocycles. The molecule has 2 aromatic rings. The van der Waals surface area contributed by atoms with Gasteiger partial charge in [-0.2, -0.15) is 10.2 Å². The summed E-state index contributed by atoms with van der Waals surface area (Å²) in [5, 5.41) is 11.4. The normalized spacial score (nSPS) is 12.7. The molecule has 0 saturated carbocycles. The molecule has 6 heteroatoms. The summed E-state index contributed by atoms with van der Waals surface area (Å²) in [6, 6.07) is 2.12. The molecule has 0 saturated heterocycles. The average molecular weight is 275 g/mol. The molecule has 1 N–H and O–H groups in total. The fourth-order valence-electron chi connectivity index (χ4n) is 2.09. The van der Waals surface area contributed by atoms with E-state index < -0.39 is 0 Å². The Labute approximate surface area is 118 Å². The van der Waals surface area contributed by atoms with Crippen LogP contribution in [0.5, 0.6) is 0 Å². The summed E-state index contributed by atoms with van der Waals surface area (Å²) in [7, 11) is 1.88. The standard InChI is InChI=1S/C14H21N5O/c1-5-12(13-6-7-15-18(13)4)17-14(20)11-8-16-19(9-11)10(2)3/h6-10,12H,5H2,1-4H3,(H,17,20). The number of hydrogen-bond donors (Lipinski definition) is 1. The van der Waals surface area contributed by atoms with Gasteiger partial charge < -0.3 is 5.32 Å². The summed E-state index contributed by atoms with van der Waals surface area (Å²) in [5.41, 5.74) is 1.58. The Morgan fingerprint density at radius 1 is 1.40 bits per heavy atom. The molecule has 20 heavy (non-hydrogen) atoms. The van der Waals surface area contributed by atoms with Gasteiger partial charge in [0.1, 0.15) is 0 Å². The van der Waals surface area contributed by atoms with E-state index in [9.17, 15) is 4.79 Å². The largest absolute Gasteiger partial charge is 0.344 e. The second kappa shape index (κ2) is 5.90. The molecule has 2 rings (SSSR count). The van der Waals surface area contributed by atoms with Crippen molar-refractivity contribution >= 4 is 5.91 Å². The van der Waals surface area contributed by atoms with Gasteiger partial charge in [-0.3, -0.25) is 14.2 Å². The van der Waals surface area contributed by atoms with Crippen molar-refractivity contribution in [1.29, 1.82) is 0 Å². The minimum absolute atomic E-state index is 0.0441. The lowest BCUT2D eigenvalue weighted by Crippen LogP contribution is -2.29. The molecule has 1 unspecified atom stereocenters. The van der Waals surface area contributed by atoms with Crippen LogP contribution in [0.1, 0.15) is 55.3 Å². The van der Waals surface area contributed by atoms with Crippen LogP contribution in [-0.4, -0.2) is 25.5 Å². The molecular weight excluding hydrogens is 254 g/mol. The molecule has 0 aliphatic rings. The maximum absolute atomic E-state index is 12.3. The van der Waals surface area contributed by atoms with E-state index in [4.69, 9.17) is 0 Å². The number of amides is 1. The van der Waals surface area contributed by atoms with Gasteiger partial charge in [0.2, 0.25) is 0 Å². The van der Waals surface area contributed by atoms with Crippen molar-refractivity contribution in [3.8, 4) is 0 Å². The van der Waals surface area contributed by atoms with Crippen LogP contribution in [0.4, 0.5) is 0 Å². The fourth-order valence-corrected chi connectivity index (χ4v) is 2.09. The number of nitrogens with zero attached hydrogens (tertiary/aromatic N) is 4. The van der Waals surface area contributed by atoms with Gasteiger partial charge in [-0.15, -0.1) is 0 Å². The summed E-state index contributed by atoms with van der Waals surface area (Å²) >= 11 is 0. The number of aryl methyl sites for hydroxylation is 1. The van der Waals surface area contributed by atoms with Crippen LogP contribution in [0.15, 0.2) is 24.7 Å². The number of hydrogen-bond acceptors (Lipinski definition) is 3. The number of carbonyl (C=O) groups excluding carboxylic acids is 1. The van der Waals surface area contributed by atoms with Crippen LogP contribution in [0.2, 0.25) is 0 Å². The number of nitrogens with one attached hydrogen (secondary N) is 1. The summed E-state index contributed by atoms with van der Waals surface area (Å²) in [5.74, 6) is -0.107. The first-order valence-electron chi connectivity index (χ1n) is 6.85. The molecular formula is C14H21N5O. The number of aromatic nitrogens is 4. The molecule has 2 heterocycles. The Kier molecular flexibility index (Phi) is 4.22. The lowest BCUT2D eigenvalue weighted by molar-refractivity contribution is 0.0934. The molecule has 0 bridgehead atoms. The van der Waals surface area contributed by atoms with Crippen LogP contribution < -0.4 is 5.32 Å². The molecule has 0 radical (unpaired) electrons. The van der Waals surface area contributed by atoms with Gasteiger partial charge in [0, 0.05) is 25.5 Å². The Balaban J connectivity index is 2.11. The van der Waals surface area contributed by atoms with E-state index in [0.717, 1.165) is 12.1 Å². The lowest BCUT2D eigenvalue weighted by Gasteiger charge is -2.16. The van der Waals surface area contributed by atoms with Gasteiger partial charge in [0.05, 0.1) is 23.5 Å². The zero-order chi connectivity index (χ0) is 14.7. The summed E-state index contributed by atoms with van der Waals surface area (Å²) in [4.78, 5) is 12.3. The molecule has 0 aliphatic heterocycles. The van der Waals surface area contributed by atoms with Gasteiger partial charge >= 0.3 is 0 Å². The van der Waals surface area contributed by atoms with E-state index >= 15 is 0 Å². The summed E-state index contributed by atoms with van der Waals surface area (Å²) < 4.78 is 3.56. The molecule has 108 valence electrons. The quantitative estimate of drug-likeness (QED) is 0.908. The third-order valence-corrected chi connectivity index (χ3v) is 3.32. The van der Waals surface area contributed by atoms with Crippen molar-refractivity contribution in [3.63, 3.8) is 0 Å². The predicted molar refractivity (Wildman–Crippen MR) is 76.3 cm³/mol. The molecule has 0 fully saturated rings. The maximum Gasteiger partial charge on any atom is 0.255 e. The first-order chi connectivity index (χ1) is 9.52. The number of rotatable bonds is 5. The molecule has 6 nitrogen and oxygen atoms in total. The average Bonchev–Trinajstić information content (AvgIpc) is 3.04. The highest BCUT2D eigenvalue weighted by molar-refractivity contribution is 5.93. The van der Waals surface area contributed by atoms with Crippen molar-refractivity contribution in [2.45, 2.75) is 39.3 Å². The molecule has 0 spiro atoms. The summed E-state index contributed by atoms with van der Waals surface area (Å²) in [6.07, 6.45) is 5.92. The Bertz CT molecular complexity index is 584. The lowest BCUT2D eigenvalue weighted by atomic mass is 10.1. The maximum atomic E-state index is 12.3. The van der Waals surface area contributed by atoms with Crippen molar-refractivity contribution in [3.05, 3.63) is 35.9 Å². The van der Waals surface area contributed by atoms with Crippen molar-refractivity contribution in [2.24, 2.45) is 7.05 Å².